The molecule has 3 nitrogen and oxygen atoms in total. The van der Waals surface area contributed by atoms with E-state index in [2.05, 4.69) is 56.8 Å². The van der Waals surface area contributed by atoms with Crippen LogP contribution in [0, 0.1) is 6.92 Å². The van der Waals surface area contributed by atoms with E-state index in [1.54, 1.807) is 0 Å². The highest BCUT2D eigenvalue weighted by Gasteiger charge is 2.02. The Balaban J connectivity index is 1.87. The van der Waals surface area contributed by atoms with Gasteiger partial charge in [-0.3, -0.25) is 4.68 Å². The van der Waals surface area contributed by atoms with Crippen LogP contribution in [0.25, 0.3) is 0 Å². The number of rotatable bonds is 4. The second-order valence-electron chi connectivity index (χ2n) is 4.14. The molecule has 2 aromatic rings. The molecule has 0 saturated carbocycles. The third-order valence-electron chi connectivity index (χ3n) is 2.67. The standard InChI is InChI=1S/C13H16BrN3/c1-10-12(9-17(2)16-10)8-15-7-11-3-5-13(14)6-4-11/h3-6,9,15H,7-8H2,1-2H3. The summed E-state index contributed by atoms with van der Waals surface area (Å²) in [6.45, 7) is 3.77. The summed E-state index contributed by atoms with van der Waals surface area (Å²) in [7, 11) is 1.95. The van der Waals surface area contributed by atoms with E-state index in [-0.39, 0.29) is 0 Å². The van der Waals surface area contributed by atoms with Gasteiger partial charge in [0.2, 0.25) is 0 Å². The maximum absolute atomic E-state index is 4.32. The van der Waals surface area contributed by atoms with Gasteiger partial charge in [-0.15, -0.1) is 0 Å². The molecule has 17 heavy (non-hydrogen) atoms. The molecule has 0 aliphatic heterocycles. The van der Waals surface area contributed by atoms with Crippen LogP contribution in [0.5, 0.6) is 0 Å². The molecule has 0 saturated heterocycles. The van der Waals surface area contributed by atoms with Crippen LogP contribution in [0.1, 0.15) is 16.8 Å². The van der Waals surface area contributed by atoms with E-state index in [0.29, 0.717) is 0 Å². The van der Waals surface area contributed by atoms with Gasteiger partial charge in [-0.05, 0) is 24.6 Å². The minimum absolute atomic E-state index is 0.857. The Bertz CT molecular complexity index is 488. The summed E-state index contributed by atoms with van der Waals surface area (Å²) in [5.74, 6) is 0. The molecule has 0 fully saturated rings. The van der Waals surface area contributed by atoms with Gasteiger partial charge in [0.1, 0.15) is 0 Å². The molecule has 0 unspecified atom stereocenters. The van der Waals surface area contributed by atoms with Crippen molar-refractivity contribution in [3.05, 3.63) is 51.8 Å². The van der Waals surface area contributed by atoms with E-state index in [1.807, 2.05) is 18.7 Å². The fourth-order valence-corrected chi connectivity index (χ4v) is 2.03. The zero-order valence-electron chi connectivity index (χ0n) is 10.1. The molecule has 1 aromatic carbocycles. The molecule has 0 amide bonds. The summed E-state index contributed by atoms with van der Waals surface area (Å²) in [6, 6.07) is 8.36. The first-order valence-electron chi connectivity index (χ1n) is 5.59. The fraction of sp³-hybridized carbons (Fsp3) is 0.308. The van der Waals surface area contributed by atoms with Crippen molar-refractivity contribution >= 4 is 15.9 Å². The summed E-state index contributed by atoms with van der Waals surface area (Å²) in [5.41, 5.74) is 3.63. The molecule has 0 aliphatic rings. The lowest BCUT2D eigenvalue weighted by Crippen LogP contribution is -2.12. The molecule has 0 atom stereocenters. The summed E-state index contributed by atoms with van der Waals surface area (Å²) >= 11 is 3.43. The number of halogens is 1. The average Bonchev–Trinajstić information content (AvgIpc) is 2.60. The van der Waals surface area contributed by atoms with Gasteiger partial charge >= 0.3 is 0 Å². The second-order valence-corrected chi connectivity index (χ2v) is 5.06. The number of benzene rings is 1. The van der Waals surface area contributed by atoms with Gasteiger partial charge in [0.05, 0.1) is 5.69 Å². The predicted octanol–water partition coefficient (Wildman–Crippen LogP) is 2.78. The SMILES string of the molecule is Cc1nn(C)cc1CNCc1ccc(Br)cc1. The van der Waals surface area contributed by atoms with E-state index in [4.69, 9.17) is 0 Å². The lowest BCUT2D eigenvalue weighted by molar-refractivity contribution is 0.690. The minimum Gasteiger partial charge on any atom is -0.308 e. The number of nitrogens with one attached hydrogen (secondary N) is 1. The first-order chi connectivity index (χ1) is 8.15. The Morgan fingerprint density at radius 2 is 1.94 bits per heavy atom. The smallest absolute Gasteiger partial charge is 0.0638 e. The quantitative estimate of drug-likeness (QED) is 0.939. The van der Waals surface area contributed by atoms with Gasteiger partial charge in [-0.1, -0.05) is 28.1 Å². The van der Waals surface area contributed by atoms with Crippen LogP contribution in [0.4, 0.5) is 0 Å². The van der Waals surface area contributed by atoms with Crippen LogP contribution in [-0.2, 0) is 20.1 Å². The molecule has 0 aliphatic carbocycles. The van der Waals surface area contributed by atoms with Crippen molar-refractivity contribution in [3.8, 4) is 0 Å². The molecule has 0 spiro atoms. The minimum atomic E-state index is 0.857. The number of aryl methyl sites for hydroxylation is 2. The van der Waals surface area contributed by atoms with E-state index in [9.17, 15) is 0 Å². The van der Waals surface area contributed by atoms with Crippen LogP contribution in [0.3, 0.4) is 0 Å². The van der Waals surface area contributed by atoms with Gasteiger partial charge in [0.25, 0.3) is 0 Å². The zero-order valence-corrected chi connectivity index (χ0v) is 11.7. The van der Waals surface area contributed by atoms with Gasteiger partial charge in [0.15, 0.2) is 0 Å². The molecule has 0 radical (unpaired) electrons. The Labute approximate surface area is 110 Å². The average molecular weight is 294 g/mol. The topological polar surface area (TPSA) is 29.9 Å². The number of aromatic nitrogens is 2. The Morgan fingerprint density at radius 3 is 2.53 bits per heavy atom. The van der Waals surface area contributed by atoms with Gasteiger partial charge in [-0.25, -0.2) is 0 Å². The van der Waals surface area contributed by atoms with Crippen LogP contribution >= 0.6 is 15.9 Å². The predicted molar refractivity (Wildman–Crippen MR) is 72.6 cm³/mol. The van der Waals surface area contributed by atoms with E-state index in [0.717, 1.165) is 23.3 Å². The zero-order chi connectivity index (χ0) is 12.3. The molecule has 1 aromatic heterocycles. The fourth-order valence-electron chi connectivity index (χ4n) is 1.77. The molecule has 1 heterocycles. The summed E-state index contributed by atoms with van der Waals surface area (Å²) in [6.07, 6.45) is 2.06. The molecule has 4 heteroatoms. The summed E-state index contributed by atoms with van der Waals surface area (Å²) in [4.78, 5) is 0. The third-order valence-corrected chi connectivity index (χ3v) is 3.20. The van der Waals surface area contributed by atoms with Crippen LogP contribution in [0.15, 0.2) is 34.9 Å². The van der Waals surface area contributed by atoms with E-state index >= 15 is 0 Å². The van der Waals surface area contributed by atoms with Crippen LogP contribution in [-0.4, -0.2) is 9.78 Å². The number of hydrogen-bond acceptors (Lipinski definition) is 2. The summed E-state index contributed by atoms with van der Waals surface area (Å²) in [5, 5.41) is 7.74. The highest BCUT2D eigenvalue weighted by atomic mass is 79.9. The molecule has 2 rings (SSSR count). The van der Waals surface area contributed by atoms with E-state index in [1.165, 1.54) is 11.1 Å². The Kier molecular flexibility index (Phi) is 3.97. The molecule has 0 bridgehead atoms. The lowest BCUT2D eigenvalue weighted by atomic mass is 10.2. The van der Waals surface area contributed by atoms with Crippen molar-refractivity contribution in [1.82, 2.24) is 15.1 Å². The monoisotopic (exact) mass is 293 g/mol. The first-order valence-corrected chi connectivity index (χ1v) is 6.39. The van der Waals surface area contributed by atoms with Crippen LogP contribution in [0.2, 0.25) is 0 Å². The van der Waals surface area contributed by atoms with E-state index < -0.39 is 0 Å². The van der Waals surface area contributed by atoms with Crippen molar-refractivity contribution in [1.29, 1.82) is 0 Å². The molecule has 90 valence electrons. The molecular formula is C13H16BrN3. The first kappa shape index (κ1) is 12.3. The third kappa shape index (κ3) is 3.41. The Morgan fingerprint density at radius 1 is 1.24 bits per heavy atom. The van der Waals surface area contributed by atoms with Gasteiger partial charge in [0, 0.05) is 36.4 Å². The lowest BCUT2D eigenvalue weighted by Gasteiger charge is -2.04. The number of nitrogens with zero attached hydrogens (tertiary/aromatic N) is 2. The van der Waals surface area contributed by atoms with Gasteiger partial charge < -0.3 is 5.32 Å². The van der Waals surface area contributed by atoms with Crippen molar-refractivity contribution < 1.29 is 0 Å². The largest absolute Gasteiger partial charge is 0.308 e. The van der Waals surface area contributed by atoms with Crippen molar-refractivity contribution in [2.24, 2.45) is 7.05 Å². The van der Waals surface area contributed by atoms with Crippen LogP contribution < -0.4 is 5.32 Å². The van der Waals surface area contributed by atoms with Crippen molar-refractivity contribution in [2.45, 2.75) is 20.0 Å². The summed E-state index contributed by atoms with van der Waals surface area (Å²) < 4.78 is 2.97. The molecule has 1 N–H and O–H groups in total. The highest BCUT2D eigenvalue weighted by molar-refractivity contribution is 9.10. The van der Waals surface area contributed by atoms with Crippen molar-refractivity contribution in [2.75, 3.05) is 0 Å². The molecular weight excluding hydrogens is 278 g/mol. The maximum Gasteiger partial charge on any atom is 0.0638 e. The highest BCUT2D eigenvalue weighted by Crippen LogP contribution is 2.10. The second kappa shape index (κ2) is 5.47. The maximum atomic E-state index is 4.32. The normalized spacial score (nSPS) is 10.8. The Hall–Kier alpha value is -1.13. The van der Waals surface area contributed by atoms with Gasteiger partial charge in [-0.2, -0.15) is 5.10 Å². The number of hydrogen-bond donors (Lipinski definition) is 1. The van der Waals surface area contributed by atoms with Crippen molar-refractivity contribution in [3.63, 3.8) is 0 Å².